The smallest absolute Gasteiger partial charge is 0.436 e. The first-order valence-corrected chi connectivity index (χ1v) is 6.10. The molecule has 1 aliphatic rings. The van der Waals surface area contributed by atoms with Gasteiger partial charge >= 0.3 is 12.1 Å². The third kappa shape index (κ3) is 4.34. The highest BCUT2D eigenvalue weighted by atomic mass is 16.8. The van der Waals surface area contributed by atoms with E-state index >= 15 is 0 Å². The van der Waals surface area contributed by atoms with Gasteiger partial charge in [-0.15, -0.1) is 0 Å². The number of rotatable bonds is 3. The zero-order valence-electron chi connectivity index (χ0n) is 11.6. The van der Waals surface area contributed by atoms with Gasteiger partial charge in [0.2, 0.25) is 6.17 Å². The molecule has 0 radical (unpaired) electrons. The van der Waals surface area contributed by atoms with E-state index in [9.17, 15) is 9.59 Å². The molecule has 8 heteroatoms. The fraction of sp³-hybridized carbons (Fsp3) is 0.818. The second-order valence-electron chi connectivity index (χ2n) is 4.96. The molecule has 2 unspecified atom stereocenters. The maximum Gasteiger partial charge on any atom is 0.436 e. The molecule has 1 heterocycles. The van der Waals surface area contributed by atoms with Crippen LogP contribution >= 0.6 is 0 Å². The number of nitrogens with zero attached hydrogens (tertiary/aromatic N) is 1. The number of nitrogens with one attached hydrogen (secondary N) is 1. The molecule has 19 heavy (non-hydrogen) atoms. The predicted molar refractivity (Wildman–Crippen MR) is 65.6 cm³/mol. The summed E-state index contributed by atoms with van der Waals surface area (Å²) in [6, 6.07) is 0. The van der Waals surface area contributed by atoms with E-state index in [2.05, 4.69) is 5.32 Å². The second kappa shape index (κ2) is 6.18. The summed E-state index contributed by atoms with van der Waals surface area (Å²) in [6.45, 7) is 7.13. The summed E-state index contributed by atoms with van der Waals surface area (Å²) >= 11 is 0. The molecule has 0 aromatic heterocycles. The zero-order valence-corrected chi connectivity index (χ0v) is 11.6. The molecular formula is C11H21N3O5. The van der Waals surface area contributed by atoms with Crippen LogP contribution in [-0.4, -0.2) is 48.3 Å². The van der Waals surface area contributed by atoms with E-state index in [0.717, 1.165) is 5.06 Å². The van der Waals surface area contributed by atoms with Gasteiger partial charge in [0.15, 0.2) is 6.23 Å². The summed E-state index contributed by atoms with van der Waals surface area (Å²) in [5, 5.41) is 3.57. The standard InChI is InChI=1S/C11H21N3O5/c1-5-17-9(15)8-13-7(6-12)19-14(8)10(16)18-11(2,3)4/h7-8,13H,5-6,12H2,1-4H3. The van der Waals surface area contributed by atoms with Crippen molar-refractivity contribution in [1.29, 1.82) is 0 Å². The molecule has 1 fully saturated rings. The van der Waals surface area contributed by atoms with Crippen molar-refractivity contribution in [2.45, 2.75) is 45.7 Å². The first-order chi connectivity index (χ1) is 8.78. The summed E-state index contributed by atoms with van der Waals surface area (Å²) < 4.78 is 10.0. The van der Waals surface area contributed by atoms with Crippen molar-refractivity contribution in [3.05, 3.63) is 0 Å². The van der Waals surface area contributed by atoms with Crippen molar-refractivity contribution in [3.63, 3.8) is 0 Å². The van der Waals surface area contributed by atoms with Gasteiger partial charge in [-0.1, -0.05) is 0 Å². The molecule has 1 rings (SSSR count). The fourth-order valence-corrected chi connectivity index (χ4v) is 1.42. The monoisotopic (exact) mass is 275 g/mol. The molecule has 110 valence electrons. The zero-order chi connectivity index (χ0) is 14.6. The predicted octanol–water partition coefficient (Wildman–Crippen LogP) is -0.0677. The van der Waals surface area contributed by atoms with Crippen LogP contribution in [0.15, 0.2) is 0 Å². The maximum atomic E-state index is 11.9. The lowest BCUT2D eigenvalue weighted by Crippen LogP contribution is -2.48. The van der Waals surface area contributed by atoms with Gasteiger partial charge in [-0.3, -0.25) is 5.32 Å². The lowest BCUT2D eigenvalue weighted by atomic mass is 10.2. The largest absolute Gasteiger partial charge is 0.463 e. The number of carbonyl (C=O) groups is 2. The highest BCUT2D eigenvalue weighted by Gasteiger charge is 2.43. The van der Waals surface area contributed by atoms with Crippen LogP contribution in [-0.2, 0) is 19.1 Å². The van der Waals surface area contributed by atoms with E-state index in [1.807, 2.05) is 0 Å². The minimum absolute atomic E-state index is 0.106. The average Bonchev–Trinajstić information content (AvgIpc) is 2.71. The van der Waals surface area contributed by atoms with Crippen LogP contribution in [0, 0.1) is 0 Å². The molecule has 0 saturated carbocycles. The molecule has 0 aromatic carbocycles. The number of hydroxylamine groups is 2. The Balaban J connectivity index is 2.76. The molecular weight excluding hydrogens is 254 g/mol. The number of esters is 1. The van der Waals surface area contributed by atoms with E-state index in [1.165, 1.54) is 0 Å². The number of ether oxygens (including phenoxy) is 2. The summed E-state index contributed by atoms with van der Waals surface area (Å²) in [6.07, 6.45) is -2.46. The van der Waals surface area contributed by atoms with Crippen LogP contribution in [0.5, 0.6) is 0 Å². The summed E-state index contributed by atoms with van der Waals surface area (Å²) in [4.78, 5) is 28.9. The first-order valence-electron chi connectivity index (χ1n) is 6.10. The molecule has 0 aliphatic carbocycles. The van der Waals surface area contributed by atoms with Gasteiger partial charge in [-0.25, -0.2) is 14.4 Å². The van der Waals surface area contributed by atoms with Crippen LogP contribution in [0.1, 0.15) is 27.7 Å². The van der Waals surface area contributed by atoms with Gasteiger partial charge in [0.1, 0.15) is 5.60 Å². The van der Waals surface area contributed by atoms with Crippen molar-refractivity contribution in [2.75, 3.05) is 13.2 Å². The van der Waals surface area contributed by atoms with E-state index < -0.39 is 30.1 Å². The molecule has 0 bridgehead atoms. The minimum Gasteiger partial charge on any atom is -0.463 e. The van der Waals surface area contributed by atoms with E-state index in [4.69, 9.17) is 20.0 Å². The molecule has 2 atom stereocenters. The van der Waals surface area contributed by atoms with Crippen LogP contribution in [0.2, 0.25) is 0 Å². The topological polar surface area (TPSA) is 103 Å². The molecule has 1 saturated heterocycles. The van der Waals surface area contributed by atoms with Gasteiger partial charge < -0.3 is 15.2 Å². The highest BCUT2D eigenvalue weighted by Crippen LogP contribution is 2.17. The lowest BCUT2D eigenvalue weighted by molar-refractivity contribution is -0.172. The molecule has 1 aliphatic heterocycles. The van der Waals surface area contributed by atoms with Gasteiger partial charge in [-0.05, 0) is 27.7 Å². The Hall–Kier alpha value is -1.38. The summed E-state index contributed by atoms with van der Waals surface area (Å²) in [5.74, 6) is -0.621. The summed E-state index contributed by atoms with van der Waals surface area (Å²) in [7, 11) is 0. The van der Waals surface area contributed by atoms with E-state index in [0.29, 0.717) is 0 Å². The van der Waals surface area contributed by atoms with Crippen LogP contribution in [0.25, 0.3) is 0 Å². The normalized spacial score (nSPS) is 23.3. The number of amides is 1. The molecule has 8 nitrogen and oxygen atoms in total. The molecule has 0 spiro atoms. The van der Waals surface area contributed by atoms with Crippen LogP contribution < -0.4 is 11.1 Å². The van der Waals surface area contributed by atoms with Crippen molar-refractivity contribution in [1.82, 2.24) is 10.4 Å². The van der Waals surface area contributed by atoms with Crippen LogP contribution in [0.4, 0.5) is 4.79 Å². The quantitative estimate of drug-likeness (QED) is 0.695. The Bertz CT molecular complexity index is 342. The fourth-order valence-electron chi connectivity index (χ4n) is 1.42. The number of nitrogens with two attached hydrogens (primary N) is 1. The van der Waals surface area contributed by atoms with Crippen LogP contribution in [0.3, 0.4) is 0 Å². The Morgan fingerprint density at radius 1 is 1.42 bits per heavy atom. The van der Waals surface area contributed by atoms with E-state index in [-0.39, 0.29) is 13.2 Å². The van der Waals surface area contributed by atoms with Gasteiger partial charge in [0, 0.05) is 6.54 Å². The van der Waals surface area contributed by atoms with Crippen molar-refractivity contribution >= 4 is 12.1 Å². The second-order valence-corrected chi connectivity index (χ2v) is 4.96. The van der Waals surface area contributed by atoms with Crippen molar-refractivity contribution in [2.24, 2.45) is 5.73 Å². The number of carbonyl (C=O) groups excluding carboxylic acids is 2. The number of hydrogen-bond donors (Lipinski definition) is 2. The lowest BCUT2D eigenvalue weighted by Gasteiger charge is -2.25. The molecule has 3 N–H and O–H groups in total. The Morgan fingerprint density at radius 2 is 2.05 bits per heavy atom. The van der Waals surface area contributed by atoms with Gasteiger partial charge in [0.05, 0.1) is 6.61 Å². The van der Waals surface area contributed by atoms with Gasteiger partial charge in [-0.2, -0.15) is 5.06 Å². The van der Waals surface area contributed by atoms with E-state index in [1.54, 1.807) is 27.7 Å². The Labute approximate surface area is 112 Å². The SMILES string of the molecule is CCOC(=O)C1NC(CN)ON1C(=O)OC(C)(C)C. The van der Waals surface area contributed by atoms with Gasteiger partial charge in [0.25, 0.3) is 0 Å². The maximum absolute atomic E-state index is 11.9. The van der Waals surface area contributed by atoms with Crippen molar-refractivity contribution in [3.8, 4) is 0 Å². The molecule has 1 amide bonds. The molecule has 0 aromatic rings. The van der Waals surface area contributed by atoms with Crippen molar-refractivity contribution < 1.29 is 23.9 Å². The first kappa shape index (κ1) is 15.7. The Morgan fingerprint density at radius 3 is 2.53 bits per heavy atom. The summed E-state index contributed by atoms with van der Waals surface area (Å²) in [5.41, 5.74) is 4.75. The minimum atomic E-state index is -1.05. The third-order valence-electron chi connectivity index (χ3n) is 2.12. The third-order valence-corrected chi connectivity index (χ3v) is 2.12. The highest BCUT2D eigenvalue weighted by molar-refractivity contribution is 5.80. The number of hydrogen-bond acceptors (Lipinski definition) is 7. The average molecular weight is 275 g/mol. The Kier molecular flexibility index (Phi) is 5.10.